The predicted molar refractivity (Wildman–Crippen MR) is 95.7 cm³/mol. The Morgan fingerprint density at radius 2 is 2.16 bits per heavy atom. The number of piperidine rings is 1. The van der Waals surface area contributed by atoms with Crippen LogP contribution in [0.25, 0.3) is 0 Å². The van der Waals surface area contributed by atoms with Crippen molar-refractivity contribution in [2.75, 3.05) is 18.8 Å². The highest BCUT2D eigenvalue weighted by atomic mass is 16.2. The Bertz CT molecular complexity index is 741. The number of amides is 1. The van der Waals surface area contributed by atoms with Gasteiger partial charge in [0.05, 0.1) is 11.9 Å². The van der Waals surface area contributed by atoms with Gasteiger partial charge in [-0.05, 0) is 44.1 Å². The fourth-order valence-electron chi connectivity index (χ4n) is 3.46. The summed E-state index contributed by atoms with van der Waals surface area (Å²) in [5.41, 5.74) is 9.02. The molecular formula is C18H26N6O. The topological polar surface area (TPSA) is 89.9 Å². The third-order valence-corrected chi connectivity index (χ3v) is 5.11. The second kappa shape index (κ2) is 7.63. The van der Waals surface area contributed by atoms with Crippen LogP contribution in [-0.2, 0) is 24.7 Å². The van der Waals surface area contributed by atoms with Crippen LogP contribution in [0.5, 0.6) is 0 Å². The van der Waals surface area contributed by atoms with E-state index in [4.69, 9.17) is 5.73 Å². The standard InChI is InChI=1S/C18H26N6O/c1-13-15(11-22-23(13)2)5-6-17(25)24-9-3-4-14(12-24)10-16-18(19)21-8-7-20-16/h7-8,11,14H,3-6,9-10,12H2,1-2H3,(H2,19,21)/t14-/m1/s1. The number of aromatic nitrogens is 4. The molecule has 134 valence electrons. The van der Waals surface area contributed by atoms with Gasteiger partial charge in [0.2, 0.25) is 5.91 Å². The maximum atomic E-state index is 12.6. The summed E-state index contributed by atoms with van der Waals surface area (Å²) in [6.07, 6.45) is 9.33. The van der Waals surface area contributed by atoms with Crippen molar-refractivity contribution < 1.29 is 4.79 Å². The third-order valence-electron chi connectivity index (χ3n) is 5.11. The number of hydrogen-bond acceptors (Lipinski definition) is 5. The lowest BCUT2D eigenvalue weighted by Gasteiger charge is -2.33. The molecule has 0 bridgehead atoms. The number of nitrogens with two attached hydrogens (primary N) is 1. The molecule has 25 heavy (non-hydrogen) atoms. The van der Waals surface area contributed by atoms with Crippen LogP contribution in [0.1, 0.15) is 36.2 Å². The van der Waals surface area contributed by atoms with Crippen molar-refractivity contribution >= 4 is 11.7 Å². The summed E-state index contributed by atoms with van der Waals surface area (Å²) in [4.78, 5) is 23.0. The Balaban J connectivity index is 1.54. The van der Waals surface area contributed by atoms with Crippen LogP contribution in [0.3, 0.4) is 0 Å². The average molecular weight is 342 g/mol. The lowest BCUT2D eigenvalue weighted by atomic mass is 9.93. The molecule has 1 fully saturated rings. The Hall–Kier alpha value is -2.44. The molecule has 7 nitrogen and oxygen atoms in total. The number of carbonyl (C=O) groups excluding carboxylic acids is 1. The lowest BCUT2D eigenvalue weighted by Crippen LogP contribution is -2.40. The number of carbonyl (C=O) groups is 1. The molecule has 1 atom stereocenters. The Morgan fingerprint density at radius 3 is 2.88 bits per heavy atom. The number of aryl methyl sites for hydroxylation is 2. The van der Waals surface area contributed by atoms with Gasteiger partial charge >= 0.3 is 0 Å². The molecule has 2 aromatic rings. The van der Waals surface area contributed by atoms with E-state index in [-0.39, 0.29) is 5.91 Å². The molecule has 3 heterocycles. The first-order valence-corrected chi connectivity index (χ1v) is 8.85. The first-order valence-electron chi connectivity index (χ1n) is 8.85. The van der Waals surface area contributed by atoms with Crippen molar-refractivity contribution in [1.29, 1.82) is 0 Å². The molecule has 2 N–H and O–H groups in total. The van der Waals surface area contributed by atoms with Crippen molar-refractivity contribution in [2.24, 2.45) is 13.0 Å². The summed E-state index contributed by atoms with van der Waals surface area (Å²) < 4.78 is 1.85. The van der Waals surface area contributed by atoms with Gasteiger partial charge in [-0.15, -0.1) is 0 Å². The zero-order chi connectivity index (χ0) is 17.8. The van der Waals surface area contributed by atoms with Crippen LogP contribution in [0.2, 0.25) is 0 Å². The summed E-state index contributed by atoms with van der Waals surface area (Å²) in [7, 11) is 1.92. The van der Waals surface area contributed by atoms with E-state index in [1.165, 1.54) is 0 Å². The smallest absolute Gasteiger partial charge is 0.222 e. The van der Waals surface area contributed by atoms with Crippen LogP contribution < -0.4 is 5.73 Å². The van der Waals surface area contributed by atoms with E-state index in [1.807, 2.05) is 29.7 Å². The van der Waals surface area contributed by atoms with E-state index in [2.05, 4.69) is 15.1 Å². The van der Waals surface area contributed by atoms with Gasteiger partial charge in [-0.2, -0.15) is 5.10 Å². The minimum absolute atomic E-state index is 0.222. The number of nitrogen functional groups attached to an aromatic ring is 1. The van der Waals surface area contributed by atoms with Crippen LogP contribution >= 0.6 is 0 Å². The fourth-order valence-corrected chi connectivity index (χ4v) is 3.46. The van der Waals surface area contributed by atoms with Crippen LogP contribution in [-0.4, -0.2) is 43.6 Å². The predicted octanol–water partition coefficient (Wildman–Crippen LogP) is 1.51. The van der Waals surface area contributed by atoms with Crippen molar-refractivity contribution in [1.82, 2.24) is 24.6 Å². The fraction of sp³-hybridized carbons (Fsp3) is 0.556. The van der Waals surface area contributed by atoms with E-state index in [9.17, 15) is 4.79 Å². The normalized spacial score (nSPS) is 17.7. The molecule has 0 saturated carbocycles. The number of anilines is 1. The van der Waals surface area contributed by atoms with Gasteiger partial charge in [-0.3, -0.25) is 14.5 Å². The highest BCUT2D eigenvalue weighted by Crippen LogP contribution is 2.22. The molecular weight excluding hydrogens is 316 g/mol. The molecule has 7 heteroatoms. The van der Waals surface area contributed by atoms with Crippen molar-refractivity contribution in [3.63, 3.8) is 0 Å². The molecule has 0 spiro atoms. The van der Waals surface area contributed by atoms with Crippen LogP contribution in [0, 0.1) is 12.8 Å². The summed E-state index contributed by atoms with van der Waals surface area (Å²) in [5.74, 6) is 1.12. The average Bonchev–Trinajstić information content (AvgIpc) is 2.94. The van der Waals surface area contributed by atoms with Crippen LogP contribution in [0.4, 0.5) is 5.82 Å². The van der Waals surface area contributed by atoms with Gasteiger partial charge < -0.3 is 10.6 Å². The molecule has 0 aliphatic carbocycles. The largest absolute Gasteiger partial charge is 0.382 e. The van der Waals surface area contributed by atoms with Crippen molar-refractivity contribution in [3.8, 4) is 0 Å². The molecule has 1 amide bonds. The van der Waals surface area contributed by atoms with Crippen molar-refractivity contribution in [2.45, 2.75) is 39.0 Å². The maximum Gasteiger partial charge on any atom is 0.222 e. The minimum Gasteiger partial charge on any atom is -0.382 e. The van der Waals surface area contributed by atoms with Gasteiger partial charge in [-0.25, -0.2) is 4.98 Å². The minimum atomic E-state index is 0.222. The van der Waals surface area contributed by atoms with Gasteiger partial charge in [0.1, 0.15) is 5.82 Å². The SMILES string of the molecule is Cc1c(CCC(=O)N2CCC[C@H](Cc3nccnc3N)C2)cnn1C. The quantitative estimate of drug-likeness (QED) is 0.889. The molecule has 0 unspecified atom stereocenters. The first kappa shape index (κ1) is 17.4. The number of nitrogens with zero attached hydrogens (tertiary/aromatic N) is 5. The van der Waals surface area contributed by atoms with Crippen molar-refractivity contribution in [3.05, 3.63) is 35.5 Å². The Labute approximate surface area is 148 Å². The van der Waals surface area contributed by atoms with Gasteiger partial charge in [0, 0.05) is 44.6 Å². The van der Waals surface area contributed by atoms with E-state index >= 15 is 0 Å². The number of hydrogen-bond donors (Lipinski definition) is 1. The molecule has 1 aliphatic rings. The molecule has 3 rings (SSSR count). The van der Waals surface area contributed by atoms with E-state index < -0.39 is 0 Å². The molecule has 2 aromatic heterocycles. The summed E-state index contributed by atoms with van der Waals surface area (Å²) in [5, 5.41) is 4.24. The summed E-state index contributed by atoms with van der Waals surface area (Å²) in [6.45, 7) is 3.66. The van der Waals surface area contributed by atoms with E-state index in [0.29, 0.717) is 18.2 Å². The zero-order valence-electron chi connectivity index (χ0n) is 15.0. The van der Waals surface area contributed by atoms with E-state index in [1.54, 1.807) is 12.4 Å². The highest BCUT2D eigenvalue weighted by molar-refractivity contribution is 5.76. The van der Waals surface area contributed by atoms with Gasteiger partial charge in [-0.1, -0.05) is 0 Å². The lowest BCUT2D eigenvalue weighted by molar-refractivity contribution is -0.132. The number of likely N-dealkylation sites (tertiary alicyclic amines) is 1. The van der Waals surface area contributed by atoms with Gasteiger partial charge in [0.25, 0.3) is 0 Å². The molecule has 1 aliphatic heterocycles. The molecule has 1 saturated heterocycles. The maximum absolute atomic E-state index is 12.6. The van der Waals surface area contributed by atoms with Gasteiger partial charge in [0.15, 0.2) is 0 Å². The Kier molecular flexibility index (Phi) is 5.31. The Morgan fingerprint density at radius 1 is 1.36 bits per heavy atom. The molecule has 0 aromatic carbocycles. The number of rotatable bonds is 5. The monoisotopic (exact) mass is 342 g/mol. The molecule has 0 radical (unpaired) electrons. The van der Waals surface area contributed by atoms with E-state index in [0.717, 1.165) is 55.7 Å². The van der Waals surface area contributed by atoms with Crippen LogP contribution in [0.15, 0.2) is 18.6 Å². The summed E-state index contributed by atoms with van der Waals surface area (Å²) in [6, 6.07) is 0. The third kappa shape index (κ3) is 4.15. The second-order valence-corrected chi connectivity index (χ2v) is 6.82. The summed E-state index contributed by atoms with van der Waals surface area (Å²) >= 11 is 0. The second-order valence-electron chi connectivity index (χ2n) is 6.82. The zero-order valence-corrected chi connectivity index (χ0v) is 15.0. The highest BCUT2D eigenvalue weighted by Gasteiger charge is 2.24. The first-order chi connectivity index (χ1) is 12.0.